The third kappa shape index (κ3) is 6.94. The van der Waals surface area contributed by atoms with Crippen molar-refractivity contribution >= 4 is 0 Å². The van der Waals surface area contributed by atoms with Crippen molar-refractivity contribution in [1.29, 1.82) is 0 Å². The maximum Gasteiger partial charge on any atom is 2.00 e. The van der Waals surface area contributed by atoms with Gasteiger partial charge in [-0.3, -0.25) is 0 Å². The zero-order valence-electron chi connectivity index (χ0n) is 13.4. The first-order chi connectivity index (χ1) is 10.8. The molecular formula is C20H22ClN2Ru+. The molecule has 0 unspecified atom stereocenters. The summed E-state index contributed by atoms with van der Waals surface area (Å²) in [7, 11) is 0. The van der Waals surface area contributed by atoms with Gasteiger partial charge < -0.3 is 23.9 Å². The number of hydrogen-bond acceptors (Lipinski definition) is 2. The minimum Gasteiger partial charge on any atom is -1.00 e. The third-order valence-electron chi connectivity index (χ3n) is 3.27. The molecule has 126 valence electrons. The Kier molecular flexibility index (Phi) is 12.1. The first-order valence-corrected chi connectivity index (χ1v) is 7.46. The largest absolute Gasteiger partial charge is 2.00 e. The molecule has 0 aliphatic rings. The molecule has 4 N–H and O–H groups in total. The first-order valence-electron chi connectivity index (χ1n) is 7.46. The summed E-state index contributed by atoms with van der Waals surface area (Å²) in [6, 6.07) is 29.6. The Morgan fingerprint density at radius 2 is 0.708 bits per heavy atom. The van der Waals surface area contributed by atoms with E-state index in [4.69, 9.17) is 11.5 Å². The van der Waals surface area contributed by atoms with Gasteiger partial charge in [-0.05, 0) is 22.3 Å². The van der Waals surface area contributed by atoms with E-state index in [-0.39, 0.29) is 31.9 Å². The van der Waals surface area contributed by atoms with Crippen LogP contribution in [0.3, 0.4) is 0 Å². The van der Waals surface area contributed by atoms with E-state index in [1.165, 1.54) is 22.3 Å². The average Bonchev–Trinajstić information content (AvgIpc) is 2.63. The maximum atomic E-state index is 4.90. The summed E-state index contributed by atoms with van der Waals surface area (Å²) in [5, 5.41) is 0. The Morgan fingerprint density at radius 1 is 0.458 bits per heavy atom. The Bertz CT molecular complexity index is 598. The number of nitrogens with two attached hydrogens (primary N) is 2. The Labute approximate surface area is 163 Å². The summed E-state index contributed by atoms with van der Waals surface area (Å²) < 4.78 is 0. The summed E-state index contributed by atoms with van der Waals surface area (Å²) in [4.78, 5) is 0. The molecule has 3 aromatic carbocycles. The minimum absolute atomic E-state index is 0. The average molecular weight is 427 g/mol. The smallest absolute Gasteiger partial charge is 1.00 e. The van der Waals surface area contributed by atoms with E-state index in [0.29, 0.717) is 13.1 Å². The fourth-order valence-electron chi connectivity index (χ4n) is 2.12. The molecule has 0 atom stereocenters. The fraction of sp³-hybridized carbons (Fsp3) is 0.100. The molecule has 0 aromatic heterocycles. The van der Waals surface area contributed by atoms with Gasteiger partial charge in [-0.15, -0.1) is 0 Å². The van der Waals surface area contributed by atoms with Crippen molar-refractivity contribution in [1.82, 2.24) is 0 Å². The van der Waals surface area contributed by atoms with Crippen LogP contribution in [0.15, 0.2) is 84.9 Å². The molecule has 0 spiro atoms. The number of halogens is 1. The van der Waals surface area contributed by atoms with Gasteiger partial charge in [0.2, 0.25) is 0 Å². The number of benzene rings is 3. The van der Waals surface area contributed by atoms with Crippen LogP contribution in [0.4, 0.5) is 0 Å². The van der Waals surface area contributed by atoms with Crippen LogP contribution in [0.25, 0.3) is 22.3 Å². The molecule has 0 aliphatic heterocycles. The molecule has 2 nitrogen and oxygen atoms in total. The number of hydrogen-bond donors (Lipinski definition) is 2. The van der Waals surface area contributed by atoms with Crippen molar-refractivity contribution in [2.75, 3.05) is 13.1 Å². The number of rotatable bonds is 3. The standard InChI is InChI=1S/C18H14.C2H8N2.ClH.Ru/c1-3-7-15(8-4-1)17-11-13-18(14-12-17)16-9-5-2-6-10-16;3-1-2-4;;/h1-14H;1-4H2;1H;/q;;;+2/p-1. The molecule has 0 heterocycles. The normalized spacial score (nSPS) is 8.92. The van der Waals surface area contributed by atoms with Crippen LogP contribution < -0.4 is 23.9 Å². The van der Waals surface area contributed by atoms with Crippen LogP contribution in [0.5, 0.6) is 0 Å². The Balaban J connectivity index is 0.000000801. The van der Waals surface area contributed by atoms with Crippen molar-refractivity contribution in [2.45, 2.75) is 0 Å². The molecule has 24 heavy (non-hydrogen) atoms. The minimum atomic E-state index is 0. The van der Waals surface area contributed by atoms with Crippen molar-refractivity contribution < 1.29 is 31.9 Å². The predicted octanol–water partition coefficient (Wildman–Crippen LogP) is 0.926. The van der Waals surface area contributed by atoms with Crippen LogP contribution in [0.2, 0.25) is 0 Å². The van der Waals surface area contributed by atoms with E-state index in [2.05, 4.69) is 72.8 Å². The second-order valence-electron chi connectivity index (χ2n) is 4.89. The van der Waals surface area contributed by atoms with E-state index in [1.54, 1.807) is 0 Å². The molecule has 0 fully saturated rings. The van der Waals surface area contributed by atoms with E-state index < -0.39 is 0 Å². The van der Waals surface area contributed by atoms with E-state index in [9.17, 15) is 0 Å². The van der Waals surface area contributed by atoms with Gasteiger partial charge in [0.1, 0.15) is 0 Å². The van der Waals surface area contributed by atoms with E-state index >= 15 is 0 Å². The second kappa shape index (κ2) is 12.9. The second-order valence-corrected chi connectivity index (χ2v) is 4.89. The van der Waals surface area contributed by atoms with Crippen molar-refractivity contribution in [3.63, 3.8) is 0 Å². The van der Waals surface area contributed by atoms with Crippen molar-refractivity contribution in [3.8, 4) is 22.3 Å². The molecule has 0 amide bonds. The molecular weight excluding hydrogens is 405 g/mol. The monoisotopic (exact) mass is 427 g/mol. The van der Waals surface area contributed by atoms with Crippen molar-refractivity contribution in [3.05, 3.63) is 84.9 Å². The predicted molar refractivity (Wildman–Crippen MR) is 95.4 cm³/mol. The van der Waals surface area contributed by atoms with Gasteiger partial charge >= 0.3 is 19.5 Å². The summed E-state index contributed by atoms with van der Waals surface area (Å²) in [5.41, 5.74) is 14.8. The Hall–Kier alpha value is -1.51. The summed E-state index contributed by atoms with van der Waals surface area (Å²) in [6.45, 7) is 1.19. The maximum absolute atomic E-state index is 4.90. The SMILES string of the molecule is NCCN.[Cl-].[Ru+2].c1ccc(-c2ccc(-c3ccccc3)cc2)cc1. The zero-order chi connectivity index (χ0) is 15.6. The zero-order valence-corrected chi connectivity index (χ0v) is 15.9. The molecule has 0 radical (unpaired) electrons. The molecule has 3 rings (SSSR count). The van der Waals surface area contributed by atoms with Crippen LogP contribution in [-0.4, -0.2) is 13.1 Å². The van der Waals surface area contributed by atoms with Crippen LogP contribution >= 0.6 is 0 Å². The molecule has 4 heteroatoms. The van der Waals surface area contributed by atoms with Crippen LogP contribution in [0, 0.1) is 0 Å². The summed E-state index contributed by atoms with van der Waals surface area (Å²) >= 11 is 0. The van der Waals surface area contributed by atoms with Gasteiger partial charge in [0.25, 0.3) is 0 Å². The third-order valence-corrected chi connectivity index (χ3v) is 3.27. The van der Waals surface area contributed by atoms with Gasteiger partial charge in [-0.1, -0.05) is 84.9 Å². The van der Waals surface area contributed by atoms with E-state index in [1.807, 2.05) is 12.1 Å². The topological polar surface area (TPSA) is 52.0 Å². The van der Waals surface area contributed by atoms with Gasteiger partial charge in [0.15, 0.2) is 0 Å². The van der Waals surface area contributed by atoms with Gasteiger partial charge in [0, 0.05) is 13.1 Å². The first kappa shape index (κ1) is 22.5. The van der Waals surface area contributed by atoms with Crippen LogP contribution in [-0.2, 0) is 19.5 Å². The molecule has 0 bridgehead atoms. The summed E-state index contributed by atoms with van der Waals surface area (Å²) in [6.07, 6.45) is 0. The van der Waals surface area contributed by atoms with E-state index in [0.717, 1.165) is 0 Å². The van der Waals surface area contributed by atoms with Crippen molar-refractivity contribution in [2.24, 2.45) is 11.5 Å². The van der Waals surface area contributed by atoms with Gasteiger partial charge in [-0.2, -0.15) is 0 Å². The van der Waals surface area contributed by atoms with Crippen LogP contribution in [0.1, 0.15) is 0 Å². The molecule has 0 saturated heterocycles. The van der Waals surface area contributed by atoms with Gasteiger partial charge in [0.05, 0.1) is 0 Å². The fourth-order valence-corrected chi connectivity index (χ4v) is 2.12. The molecule has 0 aliphatic carbocycles. The molecule has 3 aromatic rings. The molecule has 0 saturated carbocycles. The quantitative estimate of drug-likeness (QED) is 0.612. The summed E-state index contributed by atoms with van der Waals surface area (Å²) in [5.74, 6) is 0. The Morgan fingerprint density at radius 3 is 0.958 bits per heavy atom. The van der Waals surface area contributed by atoms with Gasteiger partial charge in [-0.25, -0.2) is 0 Å².